The van der Waals surface area contributed by atoms with Crippen molar-refractivity contribution in [2.75, 3.05) is 0 Å². The van der Waals surface area contributed by atoms with Gasteiger partial charge in [0.25, 0.3) is 0 Å². The Hall–Kier alpha value is -5.28. The lowest BCUT2D eigenvalue weighted by molar-refractivity contribution is 0.0696. The first-order chi connectivity index (χ1) is 20.8. The molecule has 0 unspecified atom stereocenters. The second-order valence-corrected chi connectivity index (χ2v) is 10.1. The average molecular weight is 598 g/mol. The standard InChI is InChI=1S/C33H28ClN3O6/c1-21-3-4-22(2)37(21)26-10-12-27(13-11-26)41-20-28-14-16-31(43-28)32(38)36-35-18-24-7-15-30(29(34)17-24)42-19-23-5-8-25(9-6-23)33(39)40/h3-18H,19-20H2,1-2H3,(H,36,38)(H,39,40)/b35-18+. The third-order valence-corrected chi connectivity index (χ3v) is 6.86. The van der Waals surface area contributed by atoms with Gasteiger partial charge in [-0.25, -0.2) is 10.2 Å². The van der Waals surface area contributed by atoms with Gasteiger partial charge in [-0.3, -0.25) is 4.79 Å². The van der Waals surface area contributed by atoms with E-state index in [-0.39, 0.29) is 24.5 Å². The molecular weight excluding hydrogens is 570 g/mol. The van der Waals surface area contributed by atoms with Crippen LogP contribution in [0.2, 0.25) is 5.02 Å². The molecule has 0 atom stereocenters. The number of furan rings is 1. The number of carbonyl (C=O) groups excluding carboxylic acids is 1. The fraction of sp³-hybridized carbons (Fsp3) is 0.121. The van der Waals surface area contributed by atoms with E-state index < -0.39 is 11.9 Å². The fourth-order valence-electron chi connectivity index (χ4n) is 4.34. The first kappa shape index (κ1) is 29.2. The van der Waals surface area contributed by atoms with E-state index in [1.165, 1.54) is 18.3 Å². The van der Waals surface area contributed by atoms with Gasteiger partial charge in [-0.15, -0.1) is 0 Å². The van der Waals surface area contributed by atoms with E-state index in [2.05, 4.69) is 41.1 Å². The molecule has 3 aromatic carbocycles. The molecule has 0 fully saturated rings. The Labute approximate surface area is 252 Å². The maximum Gasteiger partial charge on any atom is 0.335 e. The van der Waals surface area contributed by atoms with Crippen LogP contribution in [0, 0.1) is 13.8 Å². The lowest BCUT2D eigenvalue weighted by Crippen LogP contribution is -2.16. The van der Waals surface area contributed by atoms with Gasteiger partial charge in [-0.1, -0.05) is 23.7 Å². The largest absolute Gasteiger partial charge is 0.487 e. The number of halogens is 1. The van der Waals surface area contributed by atoms with Crippen molar-refractivity contribution in [1.82, 2.24) is 9.99 Å². The quantitative estimate of drug-likeness (QED) is 0.126. The molecule has 0 saturated heterocycles. The van der Waals surface area contributed by atoms with Crippen LogP contribution in [0.3, 0.4) is 0 Å². The number of carboxylic acids is 1. The minimum absolute atomic E-state index is 0.0998. The van der Waals surface area contributed by atoms with Crippen LogP contribution >= 0.6 is 11.6 Å². The number of rotatable bonds is 11. The molecule has 0 radical (unpaired) electrons. The molecule has 0 spiro atoms. The highest BCUT2D eigenvalue weighted by Gasteiger charge is 2.12. The maximum atomic E-state index is 12.5. The predicted molar refractivity (Wildman–Crippen MR) is 163 cm³/mol. The molecule has 5 rings (SSSR count). The Morgan fingerprint density at radius 1 is 0.907 bits per heavy atom. The Kier molecular flexibility index (Phi) is 8.93. The lowest BCUT2D eigenvalue weighted by Gasteiger charge is -2.10. The smallest absolute Gasteiger partial charge is 0.335 e. The van der Waals surface area contributed by atoms with Crippen molar-refractivity contribution in [3.63, 3.8) is 0 Å². The van der Waals surface area contributed by atoms with E-state index in [1.54, 1.807) is 42.5 Å². The highest BCUT2D eigenvalue weighted by Crippen LogP contribution is 2.26. The highest BCUT2D eigenvalue weighted by molar-refractivity contribution is 6.32. The van der Waals surface area contributed by atoms with Gasteiger partial charge in [-0.2, -0.15) is 5.10 Å². The number of carboxylic acid groups (broad SMARTS) is 1. The van der Waals surface area contributed by atoms with Gasteiger partial charge in [0, 0.05) is 17.1 Å². The van der Waals surface area contributed by atoms with Crippen LogP contribution in [0.5, 0.6) is 11.5 Å². The number of hydrogen-bond acceptors (Lipinski definition) is 6. The number of nitrogens with one attached hydrogen (secondary N) is 1. The minimum Gasteiger partial charge on any atom is -0.487 e. The Morgan fingerprint density at radius 3 is 2.30 bits per heavy atom. The van der Waals surface area contributed by atoms with Crippen molar-refractivity contribution in [2.24, 2.45) is 5.10 Å². The molecule has 9 nitrogen and oxygen atoms in total. The molecule has 5 aromatic rings. The lowest BCUT2D eigenvalue weighted by atomic mass is 10.1. The summed E-state index contributed by atoms with van der Waals surface area (Å²) in [6.07, 6.45) is 1.45. The van der Waals surface area contributed by atoms with Crippen molar-refractivity contribution in [1.29, 1.82) is 0 Å². The van der Waals surface area contributed by atoms with Crippen molar-refractivity contribution in [2.45, 2.75) is 27.1 Å². The SMILES string of the molecule is Cc1ccc(C)n1-c1ccc(OCc2ccc(C(=O)N/N=C/c3ccc(OCc4ccc(C(=O)O)cc4)c(Cl)c3)o2)cc1. The summed E-state index contributed by atoms with van der Waals surface area (Å²) in [4.78, 5) is 23.5. The minimum atomic E-state index is -0.987. The first-order valence-corrected chi connectivity index (χ1v) is 13.7. The number of aryl methyl sites for hydroxylation is 2. The Morgan fingerprint density at radius 2 is 1.63 bits per heavy atom. The van der Waals surface area contributed by atoms with Crippen LogP contribution < -0.4 is 14.9 Å². The number of aromatic carboxylic acids is 1. The molecule has 1 amide bonds. The second-order valence-electron chi connectivity index (χ2n) is 9.68. The summed E-state index contributed by atoms with van der Waals surface area (Å²) >= 11 is 6.34. The maximum absolute atomic E-state index is 12.5. The summed E-state index contributed by atoms with van der Waals surface area (Å²) in [6.45, 7) is 4.51. The van der Waals surface area contributed by atoms with Gasteiger partial charge < -0.3 is 23.6 Å². The summed E-state index contributed by atoms with van der Waals surface area (Å²) < 4.78 is 19.3. The molecule has 0 aliphatic heterocycles. The molecule has 0 aliphatic carbocycles. The molecular formula is C33H28ClN3O6. The second kappa shape index (κ2) is 13.1. The molecule has 0 saturated carbocycles. The zero-order chi connectivity index (χ0) is 30.3. The van der Waals surface area contributed by atoms with Crippen LogP contribution in [0.1, 0.15) is 49.2 Å². The zero-order valence-electron chi connectivity index (χ0n) is 23.4. The van der Waals surface area contributed by atoms with E-state index in [9.17, 15) is 9.59 Å². The van der Waals surface area contributed by atoms with Gasteiger partial charge in [0.1, 0.15) is 30.5 Å². The van der Waals surface area contributed by atoms with Gasteiger partial charge >= 0.3 is 11.9 Å². The summed E-state index contributed by atoms with van der Waals surface area (Å²) in [5, 5.41) is 13.3. The number of carbonyl (C=O) groups is 2. The monoisotopic (exact) mass is 597 g/mol. The third kappa shape index (κ3) is 7.33. The van der Waals surface area contributed by atoms with E-state index in [1.807, 2.05) is 24.3 Å². The van der Waals surface area contributed by atoms with E-state index >= 15 is 0 Å². The Balaban J connectivity index is 1.09. The van der Waals surface area contributed by atoms with Gasteiger partial charge in [0.05, 0.1) is 16.8 Å². The number of hydrazone groups is 1. The number of aromatic nitrogens is 1. The normalized spacial score (nSPS) is 11.0. The van der Waals surface area contributed by atoms with Gasteiger partial charge in [0.2, 0.25) is 0 Å². The van der Waals surface area contributed by atoms with Crippen molar-refractivity contribution in [3.05, 3.63) is 136 Å². The van der Waals surface area contributed by atoms with Crippen LogP contribution in [-0.4, -0.2) is 27.8 Å². The molecule has 2 aromatic heterocycles. The zero-order valence-corrected chi connectivity index (χ0v) is 24.2. The molecule has 2 heterocycles. The van der Waals surface area contributed by atoms with Crippen LogP contribution in [0.15, 0.2) is 101 Å². The summed E-state index contributed by atoms with van der Waals surface area (Å²) in [7, 11) is 0. The molecule has 0 bridgehead atoms. The van der Waals surface area contributed by atoms with Crippen LogP contribution in [0.4, 0.5) is 0 Å². The Bertz CT molecular complexity index is 1750. The van der Waals surface area contributed by atoms with E-state index in [0.717, 1.165) is 22.6 Å². The first-order valence-electron chi connectivity index (χ1n) is 13.3. The average Bonchev–Trinajstić information content (AvgIpc) is 3.62. The molecule has 0 aliphatic rings. The van der Waals surface area contributed by atoms with Crippen LogP contribution in [0.25, 0.3) is 5.69 Å². The van der Waals surface area contributed by atoms with Crippen molar-refractivity contribution in [3.8, 4) is 17.2 Å². The molecule has 43 heavy (non-hydrogen) atoms. The van der Waals surface area contributed by atoms with Crippen molar-refractivity contribution < 1.29 is 28.6 Å². The van der Waals surface area contributed by atoms with Crippen LogP contribution in [-0.2, 0) is 13.2 Å². The summed E-state index contributed by atoms with van der Waals surface area (Å²) in [5.41, 5.74) is 7.45. The summed E-state index contributed by atoms with van der Waals surface area (Å²) in [6, 6.07) is 26.6. The third-order valence-electron chi connectivity index (χ3n) is 6.56. The van der Waals surface area contributed by atoms with E-state index in [4.69, 9.17) is 30.6 Å². The topological polar surface area (TPSA) is 115 Å². The molecule has 218 valence electrons. The highest BCUT2D eigenvalue weighted by atomic mass is 35.5. The van der Waals surface area contributed by atoms with E-state index in [0.29, 0.717) is 27.8 Å². The molecule has 2 N–H and O–H groups in total. The number of ether oxygens (including phenoxy) is 2. The molecule has 10 heteroatoms. The number of benzene rings is 3. The van der Waals surface area contributed by atoms with Crippen molar-refractivity contribution >= 4 is 29.7 Å². The summed E-state index contributed by atoms with van der Waals surface area (Å²) in [5.74, 6) is 0.238. The number of amides is 1. The van der Waals surface area contributed by atoms with Gasteiger partial charge in [-0.05, 0) is 104 Å². The fourth-order valence-corrected chi connectivity index (χ4v) is 4.58. The predicted octanol–water partition coefficient (Wildman–Crippen LogP) is 6.96. The number of hydrogen-bond donors (Lipinski definition) is 2. The van der Waals surface area contributed by atoms with Gasteiger partial charge in [0.15, 0.2) is 5.76 Å². The number of nitrogens with zero attached hydrogens (tertiary/aromatic N) is 2.